The average Bonchev–Trinajstić information content (AvgIpc) is 3.32. The fourth-order valence-corrected chi connectivity index (χ4v) is 4.73. The van der Waals surface area contributed by atoms with Crippen LogP contribution in [0.1, 0.15) is 75.2 Å². The number of amides is 1. The first-order chi connectivity index (χ1) is 17.3. The van der Waals surface area contributed by atoms with E-state index in [1.807, 2.05) is 18.2 Å². The number of aromatic nitrogens is 4. The fraction of sp³-hybridized carbons (Fsp3) is 0.481. The molecular formula is C27H34ClN5O3. The maximum atomic E-state index is 12.8. The fourth-order valence-electron chi connectivity index (χ4n) is 4.51. The molecule has 1 fully saturated rings. The van der Waals surface area contributed by atoms with Gasteiger partial charge in [-0.15, -0.1) is 10.2 Å². The van der Waals surface area contributed by atoms with Gasteiger partial charge < -0.3 is 20.1 Å². The summed E-state index contributed by atoms with van der Waals surface area (Å²) in [5.74, 6) is 2.20. The maximum Gasteiger partial charge on any atom is 0.294 e. The standard InChI is InChI=1S/C27H34ClN5O3/c1-27(2,35)12-6-14-36-20-9-10-22(28)21(17-20)19-11-13-29-23(16-19)31-26(34)25-30-24(32-33-25)15-18-7-4-3-5-8-18/h9-11,13,16-18,35H,3-8,12,14-15H2,1-2H3,(H,29,31,34)(H,30,32,33). The molecule has 192 valence electrons. The van der Waals surface area contributed by atoms with Gasteiger partial charge in [0.25, 0.3) is 5.91 Å². The Morgan fingerprint density at radius 3 is 2.78 bits per heavy atom. The van der Waals surface area contributed by atoms with Crippen molar-refractivity contribution in [2.45, 2.75) is 70.8 Å². The number of benzene rings is 1. The van der Waals surface area contributed by atoms with Crippen LogP contribution in [0, 0.1) is 5.92 Å². The number of carbonyl (C=O) groups is 1. The van der Waals surface area contributed by atoms with Gasteiger partial charge in [-0.2, -0.15) is 0 Å². The molecule has 1 aliphatic rings. The largest absolute Gasteiger partial charge is 0.494 e. The molecule has 0 radical (unpaired) electrons. The van der Waals surface area contributed by atoms with Crippen molar-refractivity contribution in [3.8, 4) is 16.9 Å². The smallest absolute Gasteiger partial charge is 0.294 e. The third kappa shape index (κ3) is 7.51. The van der Waals surface area contributed by atoms with Crippen molar-refractivity contribution in [1.29, 1.82) is 0 Å². The van der Waals surface area contributed by atoms with Crippen molar-refractivity contribution in [2.75, 3.05) is 11.9 Å². The first-order valence-electron chi connectivity index (χ1n) is 12.6. The minimum absolute atomic E-state index is 0.174. The predicted octanol–water partition coefficient (Wildman–Crippen LogP) is 5.83. The van der Waals surface area contributed by atoms with Gasteiger partial charge in [0.15, 0.2) is 0 Å². The quantitative estimate of drug-likeness (QED) is 0.295. The monoisotopic (exact) mass is 511 g/mol. The second kappa shape index (κ2) is 11.8. The van der Waals surface area contributed by atoms with E-state index < -0.39 is 11.5 Å². The SMILES string of the molecule is CC(C)(O)CCCOc1ccc(Cl)c(-c2ccnc(NC(=O)c3nnc(CC4CCCCC4)[nH]3)c2)c1. The number of nitrogens with zero attached hydrogens (tertiary/aromatic N) is 3. The molecule has 1 amide bonds. The van der Waals surface area contributed by atoms with E-state index in [2.05, 4.69) is 25.5 Å². The summed E-state index contributed by atoms with van der Waals surface area (Å²) in [6, 6.07) is 9.04. The lowest BCUT2D eigenvalue weighted by Gasteiger charge is -2.19. The number of pyridine rings is 1. The number of aromatic amines is 1. The van der Waals surface area contributed by atoms with E-state index in [1.165, 1.54) is 32.1 Å². The molecule has 2 aromatic heterocycles. The van der Waals surface area contributed by atoms with Crippen LogP contribution < -0.4 is 10.1 Å². The van der Waals surface area contributed by atoms with Crippen LogP contribution in [-0.4, -0.2) is 43.4 Å². The van der Waals surface area contributed by atoms with Crippen LogP contribution in [0.2, 0.25) is 5.02 Å². The predicted molar refractivity (Wildman–Crippen MR) is 140 cm³/mol. The topological polar surface area (TPSA) is 113 Å². The van der Waals surface area contributed by atoms with E-state index in [-0.39, 0.29) is 5.82 Å². The summed E-state index contributed by atoms with van der Waals surface area (Å²) in [7, 11) is 0. The van der Waals surface area contributed by atoms with Crippen molar-refractivity contribution >= 4 is 23.3 Å². The van der Waals surface area contributed by atoms with Crippen LogP contribution in [-0.2, 0) is 6.42 Å². The Bertz CT molecular complexity index is 1170. The summed E-state index contributed by atoms with van der Waals surface area (Å²) in [4.78, 5) is 20.1. The number of hydrogen-bond donors (Lipinski definition) is 3. The lowest BCUT2D eigenvalue weighted by atomic mass is 9.87. The lowest BCUT2D eigenvalue weighted by molar-refractivity contribution is 0.0641. The zero-order valence-corrected chi connectivity index (χ0v) is 21.6. The number of halogens is 1. The summed E-state index contributed by atoms with van der Waals surface area (Å²) in [6.45, 7) is 4.06. The van der Waals surface area contributed by atoms with Crippen LogP contribution in [0.4, 0.5) is 5.82 Å². The Morgan fingerprint density at radius 1 is 1.19 bits per heavy atom. The molecule has 0 saturated heterocycles. The van der Waals surface area contributed by atoms with E-state index in [4.69, 9.17) is 16.3 Å². The Labute approximate surface area is 216 Å². The van der Waals surface area contributed by atoms with Crippen LogP contribution in [0.5, 0.6) is 5.75 Å². The van der Waals surface area contributed by atoms with Crippen molar-refractivity contribution in [1.82, 2.24) is 20.2 Å². The molecule has 9 heteroatoms. The average molecular weight is 512 g/mol. The number of aliphatic hydroxyl groups is 1. The number of nitrogens with one attached hydrogen (secondary N) is 2. The molecular weight excluding hydrogens is 478 g/mol. The van der Waals surface area contributed by atoms with Gasteiger partial charge in [0.05, 0.1) is 12.2 Å². The van der Waals surface area contributed by atoms with E-state index >= 15 is 0 Å². The number of H-pyrrole nitrogens is 1. The molecule has 3 N–H and O–H groups in total. The third-order valence-corrected chi connectivity index (χ3v) is 6.74. The second-order valence-electron chi connectivity index (χ2n) is 10.1. The molecule has 36 heavy (non-hydrogen) atoms. The summed E-state index contributed by atoms with van der Waals surface area (Å²) in [5.41, 5.74) is 0.849. The summed E-state index contributed by atoms with van der Waals surface area (Å²) in [5, 5.41) is 21.4. The highest BCUT2D eigenvalue weighted by molar-refractivity contribution is 6.33. The normalized spacial score (nSPS) is 14.6. The van der Waals surface area contributed by atoms with Gasteiger partial charge in [-0.1, -0.05) is 43.7 Å². The number of ether oxygens (including phenoxy) is 1. The van der Waals surface area contributed by atoms with Gasteiger partial charge in [-0.3, -0.25) is 4.79 Å². The molecule has 3 aromatic rings. The molecule has 1 aromatic carbocycles. The van der Waals surface area contributed by atoms with E-state index in [0.717, 1.165) is 29.8 Å². The van der Waals surface area contributed by atoms with Gasteiger partial charge in [0, 0.05) is 23.2 Å². The maximum absolute atomic E-state index is 12.8. The van der Waals surface area contributed by atoms with Crippen molar-refractivity contribution in [3.05, 3.63) is 53.2 Å². The van der Waals surface area contributed by atoms with Crippen LogP contribution >= 0.6 is 11.6 Å². The molecule has 0 spiro atoms. The summed E-state index contributed by atoms with van der Waals surface area (Å²) in [6.07, 6.45) is 10.0. The zero-order valence-electron chi connectivity index (χ0n) is 20.9. The summed E-state index contributed by atoms with van der Waals surface area (Å²) < 4.78 is 5.85. The Kier molecular flexibility index (Phi) is 8.59. The highest BCUT2D eigenvalue weighted by Gasteiger charge is 2.18. The highest BCUT2D eigenvalue weighted by atomic mass is 35.5. The van der Waals surface area contributed by atoms with Gasteiger partial charge in [-0.25, -0.2) is 4.98 Å². The molecule has 2 heterocycles. The van der Waals surface area contributed by atoms with Gasteiger partial charge in [0.2, 0.25) is 5.82 Å². The van der Waals surface area contributed by atoms with Crippen molar-refractivity contribution in [2.24, 2.45) is 5.92 Å². The zero-order chi connectivity index (χ0) is 25.5. The number of rotatable bonds is 10. The molecule has 1 aliphatic carbocycles. The molecule has 1 saturated carbocycles. The minimum Gasteiger partial charge on any atom is -0.494 e. The minimum atomic E-state index is -0.713. The molecule has 8 nitrogen and oxygen atoms in total. The third-order valence-electron chi connectivity index (χ3n) is 6.41. The molecule has 0 atom stereocenters. The molecule has 0 aliphatic heterocycles. The first-order valence-corrected chi connectivity index (χ1v) is 13.0. The number of anilines is 1. The van der Waals surface area contributed by atoms with Crippen molar-refractivity contribution < 1.29 is 14.6 Å². The van der Waals surface area contributed by atoms with Gasteiger partial charge in [0.1, 0.15) is 17.4 Å². The molecule has 4 rings (SSSR count). The van der Waals surface area contributed by atoms with Gasteiger partial charge >= 0.3 is 0 Å². The van der Waals surface area contributed by atoms with E-state index in [9.17, 15) is 9.90 Å². The van der Waals surface area contributed by atoms with Gasteiger partial charge in [-0.05, 0) is 68.5 Å². The Hall–Kier alpha value is -2.97. The highest BCUT2D eigenvalue weighted by Crippen LogP contribution is 2.32. The lowest BCUT2D eigenvalue weighted by Crippen LogP contribution is -2.19. The molecule has 0 unspecified atom stereocenters. The Balaban J connectivity index is 1.39. The summed E-state index contributed by atoms with van der Waals surface area (Å²) >= 11 is 6.47. The molecule has 0 bridgehead atoms. The van der Waals surface area contributed by atoms with E-state index in [0.29, 0.717) is 35.5 Å². The number of carbonyl (C=O) groups excluding carboxylic acids is 1. The van der Waals surface area contributed by atoms with E-state index in [1.54, 1.807) is 32.2 Å². The van der Waals surface area contributed by atoms with Crippen LogP contribution in [0.3, 0.4) is 0 Å². The van der Waals surface area contributed by atoms with Crippen LogP contribution in [0.15, 0.2) is 36.5 Å². The number of hydrogen-bond acceptors (Lipinski definition) is 6. The first kappa shape index (κ1) is 26.1. The van der Waals surface area contributed by atoms with Crippen molar-refractivity contribution in [3.63, 3.8) is 0 Å². The second-order valence-corrected chi connectivity index (χ2v) is 10.5. The Morgan fingerprint density at radius 2 is 2.00 bits per heavy atom. The van der Waals surface area contributed by atoms with Crippen LogP contribution in [0.25, 0.3) is 11.1 Å².